The third kappa shape index (κ3) is 3.52. The first-order chi connectivity index (χ1) is 13.7. The van der Waals surface area contributed by atoms with Crippen LogP contribution in [0, 0.1) is 6.92 Å². The molecule has 0 saturated heterocycles. The van der Waals surface area contributed by atoms with Gasteiger partial charge in [-0.3, -0.25) is 4.79 Å². The van der Waals surface area contributed by atoms with Crippen LogP contribution >= 0.6 is 11.3 Å². The number of fused-ring (bicyclic) bond motifs is 1. The second-order valence-electron chi connectivity index (χ2n) is 6.13. The zero-order valence-electron chi connectivity index (χ0n) is 15.4. The van der Waals surface area contributed by atoms with E-state index in [9.17, 15) is 4.79 Å². The number of ether oxygens (including phenoxy) is 1. The van der Waals surface area contributed by atoms with Crippen LogP contribution in [0.2, 0.25) is 0 Å². The fraction of sp³-hybridized carbons (Fsp3) is 0.0952. The van der Waals surface area contributed by atoms with Gasteiger partial charge in [-0.25, -0.2) is 10.1 Å². The van der Waals surface area contributed by atoms with E-state index in [-0.39, 0.29) is 5.91 Å². The highest BCUT2D eigenvalue weighted by molar-refractivity contribution is 7.20. The maximum Gasteiger partial charge on any atom is 0.281 e. The summed E-state index contributed by atoms with van der Waals surface area (Å²) in [6, 6.07) is 19.2. The smallest absolute Gasteiger partial charge is 0.281 e. The fourth-order valence-corrected chi connectivity index (χ4v) is 3.89. The van der Waals surface area contributed by atoms with Gasteiger partial charge in [0.05, 0.1) is 29.6 Å². The molecule has 1 amide bonds. The average Bonchev–Trinajstić information content (AvgIpc) is 3.30. The number of hydrogen-bond acceptors (Lipinski definition) is 5. The molecule has 2 aromatic carbocycles. The Morgan fingerprint density at radius 1 is 1.18 bits per heavy atom. The second-order valence-corrected chi connectivity index (χ2v) is 7.17. The molecular weight excluding hydrogens is 372 g/mol. The minimum absolute atomic E-state index is 0.245. The lowest BCUT2D eigenvalue weighted by molar-refractivity contribution is 0.0959. The number of hydrogen-bond donors (Lipinski definition) is 1. The molecule has 2 heterocycles. The molecule has 0 aliphatic heterocycles. The topological polar surface area (TPSA) is 68.5 Å². The first kappa shape index (κ1) is 17.9. The summed E-state index contributed by atoms with van der Waals surface area (Å²) in [5.41, 5.74) is 5.30. The standard InChI is InChI=1S/C21H18N4O2S/c1-14-18-12-19(28-21(18)25(24-14)16-6-4-3-5-7-16)20(26)23-22-13-15-8-10-17(27-2)11-9-15/h3-13H,1-2H3,(H,23,26)/b22-13+. The lowest BCUT2D eigenvalue weighted by atomic mass is 10.2. The van der Waals surface area contributed by atoms with Crippen molar-refractivity contribution in [3.05, 3.63) is 76.8 Å². The highest BCUT2D eigenvalue weighted by atomic mass is 32.1. The number of aryl methyl sites for hydroxylation is 1. The van der Waals surface area contributed by atoms with Gasteiger partial charge in [-0.2, -0.15) is 10.2 Å². The summed E-state index contributed by atoms with van der Waals surface area (Å²) >= 11 is 1.40. The Morgan fingerprint density at radius 3 is 2.64 bits per heavy atom. The van der Waals surface area contributed by atoms with Gasteiger partial charge in [0.25, 0.3) is 5.91 Å². The molecule has 7 heteroatoms. The summed E-state index contributed by atoms with van der Waals surface area (Å²) in [5, 5.41) is 9.61. The van der Waals surface area contributed by atoms with Crippen molar-refractivity contribution >= 4 is 33.7 Å². The molecular formula is C21H18N4O2S. The summed E-state index contributed by atoms with van der Waals surface area (Å²) < 4.78 is 6.99. The molecule has 4 aromatic rings. The van der Waals surface area contributed by atoms with Crippen molar-refractivity contribution in [2.75, 3.05) is 7.11 Å². The molecule has 140 valence electrons. The molecule has 0 aliphatic carbocycles. The third-order valence-electron chi connectivity index (χ3n) is 4.26. The molecule has 0 atom stereocenters. The highest BCUT2D eigenvalue weighted by Gasteiger charge is 2.16. The molecule has 4 rings (SSSR count). The van der Waals surface area contributed by atoms with Crippen LogP contribution in [-0.2, 0) is 0 Å². The molecule has 2 aromatic heterocycles. The maximum atomic E-state index is 12.5. The largest absolute Gasteiger partial charge is 0.497 e. The predicted octanol–water partition coefficient (Wildman–Crippen LogP) is 4.17. The number of nitrogens with one attached hydrogen (secondary N) is 1. The number of benzene rings is 2. The van der Waals surface area contributed by atoms with Crippen molar-refractivity contribution in [3.8, 4) is 11.4 Å². The Bertz CT molecular complexity index is 1140. The predicted molar refractivity (Wildman–Crippen MR) is 112 cm³/mol. The van der Waals surface area contributed by atoms with Gasteiger partial charge in [-0.1, -0.05) is 18.2 Å². The van der Waals surface area contributed by atoms with E-state index in [1.165, 1.54) is 11.3 Å². The van der Waals surface area contributed by atoms with Crippen LogP contribution in [0.3, 0.4) is 0 Å². The first-order valence-electron chi connectivity index (χ1n) is 8.68. The number of methoxy groups -OCH3 is 1. The molecule has 1 N–H and O–H groups in total. The summed E-state index contributed by atoms with van der Waals surface area (Å²) in [5.74, 6) is 0.527. The third-order valence-corrected chi connectivity index (χ3v) is 5.37. The second kappa shape index (κ2) is 7.66. The van der Waals surface area contributed by atoms with Crippen LogP contribution in [0.1, 0.15) is 20.9 Å². The van der Waals surface area contributed by atoms with Crippen LogP contribution in [-0.4, -0.2) is 29.0 Å². The van der Waals surface area contributed by atoms with Gasteiger partial charge in [0, 0.05) is 5.39 Å². The van der Waals surface area contributed by atoms with Crippen LogP contribution in [0.25, 0.3) is 15.9 Å². The normalized spacial score (nSPS) is 11.2. The Morgan fingerprint density at radius 2 is 1.93 bits per heavy atom. The monoisotopic (exact) mass is 390 g/mol. The molecule has 28 heavy (non-hydrogen) atoms. The van der Waals surface area contributed by atoms with E-state index in [2.05, 4.69) is 15.6 Å². The summed E-state index contributed by atoms with van der Waals surface area (Å²) in [6.45, 7) is 1.94. The number of thiophene rings is 1. The van der Waals surface area contributed by atoms with Crippen LogP contribution < -0.4 is 10.2 Å². The molecule has 0 fully saturated rings. The number of hydrazone groups is 1. The van der Waals surface area contributed by atoms with Crippen molar-refractivity contribution in [1.82, 2.24) is 15.2 Å². The van der Waals surface area contributed by atoms with E-state index in [1.807, 2.05) is 72.3 Å². The number of carbonyl (C=O) groups is 1. The zero-order valence-corrected chi connectivity index (χ0v) is 16.2. The summed E-state index contributed by atoms with van der Waals surface area (Å²) in [4.78, 5) is 14.0. The number of para-hydroxylation sites is 1. The SMILES string of the molecule is COc1ccc(/C=N/NC(=O)c2cc3c(C)nn(-c4ccccc4)c3s2)cc1. The first-order valence-corrected chi connectivity index (χ1v) is 9.49. The maximum absolute atomic E-state index is 12.5. The molecule has 0 aliphatic rings. The van der Waals surface area contributed by atoms with Gasteiger partial charge in [0.15, 0.2) is 0 Å². The van der Waals surface area contributed by atoms with Crippen LogP contribution in [0.4, 0.5) is 0 Å². The Labute approximate surface area is 166 Å². The number of amides is 1. The Hall–Kier alpha value is -3.45. The Kier molecular flexibility index (Phi) is 4.90. The number of nitrogens with zero attached hydrogens (tertiary/aromatic N) is 3. The van der Waals surface area contributed by atoms with E-state index in [0.717, 1.165) is 32.9 Å². The zero-order chi connectivity index (χ0) is 19.5. The number of aromatic nitrogens is 2. The van der Waals surface area contributed by atoms with Gasteiger partial charge in [0.1, 0.15) is 10.6 Å². The molecule has 0 radical (unpaired) electrons. The molecule has 6 nitrogen and oxygen atoms in total. The minimum atomic E-state index is -0.245. The lowest BCUT2D eigenvalue weighted by Crippen LogP contribution is -2.16. The van der Waals surface area contributed by atoms with Crippen LogP contribution in [0.15, 0.2) is 65.8 Å². The van der Waals surface area contributed by atoms with E-state index in [0.29, 0.717) is 4.88 Å². The lowest BCUT2D eigenvalue weighted by Gasteiger charge is -2.01. The highest BCUT2D eigenvalue weighted by Crippen LogP contribution is 2.30. The van der Waals surface area contributed by atoms with E-state index in [1.54, 1.807) is 13.3 Å². The fourth-order valence-electron chi connectivity index (χ4n) is 2.81. The van der Waals surface area contributed by atoms with Gasteiger partial charge in [0.2, 0.25) is 0 Å². The van der Waals surface area contributed by atoms with Gasteiger partial charge >= 0.3 is 0 Å². The Balaban J connectivity index is 1.54. The van der Waals surface area contributed by atoms with Crippen molar-refractivity contribution < 1.29 is 9.53 Å². The minimum Gasteiger partial charge on any atom is -0.497 e. The van der Waals surface area contributed by atoms with E-state index < -0.39 is 0 Å². The molecule has 0 saturated carbocycles. The van der Waals surface area contributed by atoms with Crippen molar-refractivity contribution in [2.24, 2.45) is 5.10 Å². The van der Waals surface area contributed by atoms with Gasteiger partial charge in [-0.15, -0.1) is 11.3 Å². The van der Waals surface area contributed by atoms with Crippen molar-refractivity contribution in [2.45, 2.75) is 6.92 Å². The van der Waals surface area contributed by atoms with Gasteiger partial charge < -0.3 is 4.74 Å². The molecule has 0 bridgehead atoms. The average molecular weight is 390 g/mol. The number of rotatable bonds is 5. The van der Waals surface area contributed by atoms with Gasteiger partial charge in [-0.05, 0) is 55.0 Å². The quantitative estimate of drug-likeness (QED) is 0.411. The molecule has 0 unspecified atom stereocenters. The molecule has 0 spiro atoms. The summed E-state index contributed by atoms with van der Waals surface area (Å²) in [6.07, 6.45) is 1.60. The van der Waals surface area contributed by atoms with Crippen molar-refractivity contribution in [3.63, 3.8) is 0 Å². The van der Waals surface area contributed by atoms with E-state index in [4.69, 9.17) is 4.74 Å². The van der Waals surface area contributed by atoms with E-state index >= 15 is 0 Å². The van der Waals surface area contributed by atoms with Crippen LogP contribution in [0.5, 0.6) is 5.75 Å². The number of carbonyl (C=O) groups excluding carboxylic acids is 1. The summed E-state index contributed by atoms with van der Waals surface area (Å²) in [7, 11) is 1.62. The van der Waals surface area contributed by atoms with Crippen molar-refractivity contribution in [1.29, 1.82) is 0 Å².